The topological polar surface area (TPSA) is 66.9 Å². The number of carbonyl (C=O) groups excluding carboxylic acids is 1. The lowest BCUT2D eigenvalue weighted by molar-refractivity contribution is -0.117. The van der Waals surface area contributed by atoms with Gasteiger partial charge in [-0.3, -0.25) is 10.1 Å². The molecule has 5 nitrogen and oxygen atoms in total. The first-order chi connectivity index (χ1) is 9.99. The Kier molecular flexibility index (Phi) is 5.14. The second-order valence-electron chi connectivity index (χ2n) is 4.68. The van der Waals surface area contributed by atoms with Gasteiger partial charge >= 0.3 is 0 Å². The third kappa shape index (κ3) is 4.15. The van der Waals surface area contributed by atoms with Crippen LogP contribution in [0.3, 0.4) is 0 Å². The van der Waals surface area contributed by atoms with Crippen molar-refractivity contribution in [1.82, 2.24) is 10.2 Å². The van der Waals surface area contributed by atoms with E-state index in [1.165, 1.54) is 11.3 Å². The van der Waals surface area contributed by atoms with Crippen LogP contribution in [0, 0.1) is 13.8 Å². The third-order valence-electron chi connectivity index (χ3n) is 3.00. The minimum Gasteiger partial charge on any atom is -0.373 e. The Labute approximate surface area is 132 Å². The van der Waals surface area contributed by atoms with Gasteiger partial charge in [0.15, 0.2) is 0 Å². The molecule has 0 aliphatic carbocycles. The maximum absolute atomic E-state index is 12.3. The first-order valence-electron chi connectivity index (χ1n) is 6.63. The number of halogens is 1. The van der Waals surface area contributed by atoms with Crippen molar-refractivity contribution in [2.24, 2.45) is 0 Å². The Hall–Kier alpha value is -1.66. The summed E-state index contributed by atoms with van der Waals surface area (Å²) in [4.78, 5) is 12.3. The van der Waals surface area contributed by atoms with Gasteiger partial charge in [0.25, 0.3) is 0 Å². The molecule has 0 bridgehead atoms. The van der Waals surface area contributed by atoms with Crippen LogP contribution in [0.1, 0.15) is 23.9 Å². The highest BCUT2D eigenvalue weighted by molar-refractivity contribution is 7.15. The lowest BCUT2D eigenvalue weighted by Gasteiger charge is -2.18. The molecule has 1 amide bonds. The maximum Gasteiger partial charge on any atom is 0.248 e. The molecule has 0 aliphatic rings. The zero-order valence-corrected chi connectivity index (χ0v) is 13.7. The summed E-state index contributed by atoms with van der Waals surface area (Å²) in [7, 11) is 0. The number of nitrogens with zero attached hydrogens (tertiary/aromatic N) is 2. The van der Waals surface area contributed by atoms with Gasteiger partial charge in [0, 0.05) is 10.7 Å². The second kappa shape index (κ2) is 6.87. The van der Waals surface area contributed by atoms with Gasteiger partial charge in [-0.2, -0.15) is 0 Å². The van der Waals surface area contributed by atoms with Gasteiger partial charge < -0.3 is 5.32 Å². The van der Waals surface area contributed by atoms with Crippen molar-refractivity contribution in [1.29, 1.82) is 0 Å². The molecule has 1 aromatic heterocycles. The van der Waals surface area contributed by atoms with Gasteiger partial charge in [-0.05, 0) is 44.0 Å². The molecule has 2 rings (SSSR count). The van der Waals surface area contributed by atoms with Crippen LogP contribution in [0.15, 0.2) is 18.2 Å². The molecule has 0 spiro atoms. The number of nitrogens with one attached hydrogen (secondary N) is 2. The molecule has 0 saturated carbocycles. The van der Waals surface area contributed by atoms with E-state index in [1.54, 1.807) is 6.07 Å². The molecule has 1 aromatic carbocycles. The van der Waals surface area contributed by atoms with E-state index < -0.39 is 0 Å². The lowest BCUT2D eigenvalue weighted by Crippen LogP contribution is -2.34. The highest BCUT2D eigenvalue weighted by atomic mass is 35.5. The van der Waals surface area contributed by atoms with Crippen LogP contribution >= 0.6 is 22.9 Å². The highest BCUT2D eigenvalue weighted by Crippen LogP contribution is 2.21. The Balaban J connectivity index is 2.06. The normalized spacial score (nSPS) is 12.0. The number of aromatic nitrogens is 2. The average molecular weight is 325 g/mol. The van der Waals surface area contributed by atoms with Crippen LogP contribution in [0.25, 0.3) is 0 Å². The Morgan fingerprint density at radius 3 is 2.71 bits per heavy atom. The van der Waals surface area contributed by atoms with Crippen LogP contribution in [-0.2, 0) is 4.79 Å². The zero-order valence-electron chi connectivity index (χ0n) is 12.1. The van der Waals surface area contributed by atoms with Crippen LogP contribution in [-0.4, -0.2) is 22.1 Å². The molecule has 2 N–H and O–H groups in total. The summed E-state index contributed by atoms with van der Waals surface area (Å²) >= 11 is 7.29. The van der Waals surface area contributed by atoms with Gasteiger partial charge in [0.2, 0.25) is 11.0 Å². The second-order valence-corrected chi connectivity index (χ2v) is 6.30. The van der Waals surface area contributed by atoms with Crippen LogP contribution in [0.5, 0.6) is 0 Å². The summed E-state index contributed by atoms with van der Waals surface area (Å²) in [6.45, 7) is 5.75. The molecular formula is C14H17ClN4OS. The summed E-state index contributed by atoms with van der Waals surface area (Å²) in [5.41, 5.74) is 1.90. The number of hydrogen-bond donors (Lipinski definition) is 2. The summed E-state index contributed by atoms with van der Waals surface area (Å²) in [5.74, 6) is -0.122. The lowest BCUT2D eigenvalue weighted by atomic mass is 10.1. The summed E-state index contributed by atoms with van der Waals surface area (Å²) in [6, 6.07) is 5.20. The zero-order chi connectivity index (χ0) is 15.4. The van der Waals surface area contributed by atoms with Crippen LogP contribution in [0.4, 0.5) is 10.8 Å². The molecule has 112 valence electrons. The highest BCUT2D eigenvalue weighted by Gasteiger charge is 2.18. The summed E-state index contributed by atoms with van der Waals surface area (Å²) in [5, 5.41) is 15.8. The Morgan fingerprint density at radius 1 is 1.38 bits per heavy atom. The SMILES string of the molecule is CC[C@H](Nc1ccc(Cl)cc1C)C(=O)Nc1nnc(C)s1. The number of rotatable bonds is 5. The van der Waals surface area contributed by atoms with Crippen molar-refractivity contribution >= 4 is 39.7 Å². The number of hydrogen-bond acceptors (Lipinski definition) is 5. The number of benzene rings is 1. The van der Waals surface area contributed by atoms with Crippen molar-refractivity contribution in [3.63, 3.8) is 0 Å². The van der Waals surface area contributed by atoms with E-state index in [0.717, 1.165) is 16.3 Å². The average Bonchev–Trinajstić information content (AvgIpc) is 2.83. The number of aryl methyl sites for hydroxylation is 2. The van der Waals surface area contributed by atoms with Crippen LogP contribution in [0.2, 0.25) is 5.02 Å². The summed E-state index contributed by atoms with van der Waals surface area (Å²) < 4.78 is 0. The molecule has 0 aliphatic heterocycles. The first-order valence-corrected chi connectivity index (χ1v) is 7.82. The van der Waals surface area contributed by atoms with Gasteiger partial charge in [0.1, 0.15) is 11.0 Å². The first kappa shape index (κ1) is 15.7. The molecular weight excluding hydrogens is 308 g/mol. The Morgan fingerprint density at radius 2 is 2.14 bits per heavy atom. The molecule has 7 heteroatoms. The van der Waals surface area contributed by atoms with Gasteiger partial charge in [-0.1, -0.05) is 29.9 Å². The van der Waals surface area contributed by atoms with Gasteiger partial charge in [-0.25, -0.2) is 0 Å². The molecule has 1 heterocycles. The number of amides is 1. The molecule has 0 fully saturated rings. The van der Waals surface area contributed by atoms with Crippen molar-refractivity contribution < 1.29 is 4.79 Å². The molecule has 0 radical (unpaired) electrons. The fourth-order valence-corrected chi connectivity index (χ4v) is 2.69. The van der Waals surface area contributed by atoms with E-state index in [-0.39, 0.29) is 11.9 Å². The van der Waals surface area contributed by atoms with E-state index in [0.29, 0.717) is 16.6 Å². The molecule has 0 unspecified atom stereocenters. The molecule has 0 saturated heterocycles. The number of anilines is 2. The predicted molar refractivity (Wildman–Crippen MR) is 87.2 cm³/mol. The predicted octanol–water partition coefficient (Wildman–Crippen LogP) is 3.64. The van der Waals surface area contributed by atoms with E-state index in [2.05, 4.69) is 20.8 Å². The van der Waals surface area contributed by atoms with Crippen molar-refractivity contribution in [3.05, 3.63) is 33.8 Å². The van der Waals surface area contributed by atoms with E-state index in [9.17, 15) is 4.79 Å². The third-order valence-corrected chi connectivity index (χ3v) is 3.99. The van der Waals surface area contributed by atoms with E-state index >= 15 is 0 Å². The summed E-state index contributed by atoms with van der Waals surface area (Å²) in [6.07, 6.45) is 0.658. The quantitative estimate of drug-likeness (QED) is 0.881. The monoisotopic (exact) mass is 324 g/mol. The van der Waals surface area contributed by atoms with Gasteiger partial charge in [-0.15, -0.1) is 10.2 Å². The maximum atomic E-state index is 12.3. The number of carbonyl (C=O) groups is 1. The Bertz CT molecular complexity index is 644. The largest absolute Gasteiger partial charge is 0.373 e. The smallest absolute Gasteiger partial charge is 0.248 e. The van der Waals surface area contributed by atoms with Crippen molar-refractivity contribution in [2.45, 2.75) is 33.2 Å². The van der Waals surface area contributed by atoms with Gasteiger partial charge in [0.05, 0.1) is 0 Å². The minimum absolute atomic E-state index is 0.122. The molecule has 2 aromatic rings. The van der Waals surface area contributed by atoms with Crippen LogP contribution < -0.4 is 10.6 Å². The molecule has 1 atom stereocenters. The minimum atomic E-state index is -0.339. The van der Waals surface area contributed by atoms with E-state index in [4.69, 9.17) is 11.6 Å². The van der Waals surface area contributed by atoms with Crippen molar-refractivity contribution in [2.75, 3.05) is 10.6 Å². The fraction of sp³-hybridized carbons (Fsp3) is 0.357. The van der Waals surface area contributed by atoms with E-state index in [1.807, 2.05) is 32.9 Å². The molecule has 21 heavy (non-hydrogen) atoms. The van der Waals surface area contributed by atoms with Crippen molar-refractivity contribution in [3.8, 4) is 0 Å². The standard InChI is InChI=1S/C14H17ClN4OS/c1-4-11(13(20)17-14-19-18-9(3)21-14)16-12-6-5-10(15)7-8(12)2/h5-7,11,16H,4H2,1-3H3,(H,17,19,20)/t11-/m0/s1. The fourth-order valence-electron chi connectivity index (χ4n) is 1.87.